The average Bonchev–Trinajstić information content (AvgIpc) is 3.11. The Morgan fingerprint density at radius 2 is 1.73 bits per heavy atom. The van der Waals surface area contributed by atoms with Gasteiger partial charge in [-0.3, -0.25) is 9.36 Å². The second-order valence-electron chi connectivity index (χ2n) is 6.93. The molecule has 6 heteroatoms. The van der Waals surface area contributed by atoms with Crippen molar-refractivity contribution in [3.8, 4) is 22.6 Å². The number of benzene rings is 2. The van der Waals surface area contributed by atoms with Gasteiger partial charge in [0.05, 0.1) is 24.9 Å². The molecular formula is C24H24N2O3S. The van der Waals surface area contributed by atoms with Gasteiger partial charge in [0.15, 0.2) is 0 Å². The molecule has 0 aliphatic carbocycles. The lowest BCUT2D eigenvalue weighted by molar-refractivity contribution is 0.301. The van der Waals surface area contributed by atoms with Gasteiger partial charge in [0, 0.05) is 17.0 Å². The summed E-state index contributed by atoms with van der Waals surface area (Å²) < 4.78 is 13.0. The Bertz CT molecular complexity index is 1180. The SMILES string of the molecule is CCOc1ccc(-c2c(C)sc3ncn(CCCOc4ccccc4)c(=O)c23)cc1. The van der Waals surface area contributed by atoms with E-state index in [0.29, 0.717) is 25.1 Å². The Balaban J connectivity index is 1.57. The first kappa shape index (κ1) is 20.2. The maximum Gasteiger partial charge on any atom is 0.262 e. The Labute approximate surface area is 179 Å². The number of fused-ring (bicyclic) bond motifs is 1. The molecule has 0 N–H and O–H groups in total. The van der Waals surface area contributed by atoms with Gasteiger partial charge in [-0.2, -0.15) is 0 Å². The molecule has 0 saturated carbocycles. The molecule has 0 radical (unpaired) electrons. The molecule has 2 aromatic heterocycles. The molecule has 0 unspecified atom stereocenters. The Hall–Kier alpha value is -3.12. The summed E-state index contributed by atoms with van der Waals surface area (Å²) in [6, 6.07) is 17.6. The van der Waals surface area contributed by atoms with E-state index in [1.54, 1.807) is 22.2 Å². The third kappa shape index (κ3) is 4.24. The van der Waals surface area contributed by atoms with Crippen LogP contribution in [0, 0.1) is 6.92 Å². The van der Waals surface area contributed by atoms with Crippen molar-refractivity contribution in [3.63, 3.8) is 0 Å². The highest BCUT2D eigenvalue weighted by molar-refractivity contribution is 7.19. The van der Waals surface area contributed by atoms with Crippen LogP contribution in [0.3, 0.4) is 0 Å². The lowest BCUT2D eigenvalue weighted by Crippen LogP contribution is -2.21. The van der Waals surface area contributed by atoms with Crippen molar-refractivity contribution in [1.29, 1.82) is 0 Å². The highest BCUT2D eigenvalue weighted by Crippen LogP contribution is 2.36. The van der Waals surface area contributed by atoms with Crippen LogP contribution in [0.1, 0.15) is 18.2 Å². The van der Waals surface area contributed by atoms with Gasteiger partial charge in [0.2, 0.25) is 0 Å². The third-order valence-corrected chi connectivity index (χ3v) is 5.88. The summed E-state index contributed by atoms with van der Waals surface area (Å²) in [5.74, 6) is 1.66. The average molecular weight is 421 g/mol. The van der Waals surface area contributed by atoms with E-state index < -0.39 is 0 Å². The van der Waals surface area contributed by atoms with E-state index in [4.69, 9.17) is 9.47 Å². The van der Waals surface area contributed by atoms with E-state index in [0.717, 1.165) is 38.8 Å². The van der Waals surface area contributed by atoms with Crippen LogP contribution in [0.2, 0.25) is 0 Å². The highest BCUT2D eigenvalue weighted by atomic mass is 32.1. The van der Waals surface area contributed by atoms with Gasteiger partial charge in [-0.05, 0) is 50.1 Å². The fourth-order valence-corrected chi connectivity index (χ4v) is 4.47. The molecule has 0 fully saturated rings. The summed E-state index contributed by atoms with van der Waals surface area (Å²) in [6.45, 7) is 5.73. The van der Waals surface area contributed by atoms with Crippen LogP contribution >= 0.6 is 11.3 Å². The number of aryl methyl sites for hydroxylation is 2. The molecule has 30 heavy (non-hydrogen) atoms. The summed E-state index contributed by atoms with van der Waals surface area (Å²) in [4.78, 5) is 19.6. The molecule has 0 amide bonds. The molecule has 154 valence electrons. The van der Waals surface area contributed by atoms with E-state index in [1.807, 2.05) is 68.4 Å². The first-order chi connectivity index (χ1) is 14.7. The summed E-state index contributed by atoms with van der Waals surface area (Å²) in [5.41, 5.74) is 1.96. The van der Waals surface area contributed by atoms with Gasteiger partial charge in [-0.1, -0.05) is 30.3 Å². The standard InChI is InChI=1S/C24H24N2O3S/c1-3-28-20-12-10-18(11-13-20)21-17(2)30-23-22(21)24(27)26(16-25-23)14-7-15-29-19-8-5-4-6-9-19/h4-6,8-13,16H,3,7,14-15H2,1-2H3. The molecule has 0 spiro atoms. The number of thiophene rings is 1. The van der Waals surface area contributed by atoms with Crippen LogP contribution in [0.25, 0.3) is 21.3 Å². The third-order valence-electron chi connectivity index (χ3n) is 4.86. The molecule has 0 atom stereocenters. The first-order valence-corrected chi connectivity index (χ1v) is 10.9. The van der Waals surface area contributed by atoms with Crippen molar-refractivity contribution in [3.05, 3.63) is 76.2 Å². The molecule has 0 aliphatic rings. The van der Waals surface area contributed by atoms with Crippen molar-refractivity contribution in [2.45, 2.75) is 26.8 Å². The summed E-state index contributed by atoms with van der Waals surface area (Å²) in [6.07, 6.45) is 2.37. The topological polar surface area (TPSA) is 53.4 Å². The van der Waals surface area contributed by atoms with Crippen LogP contribution in [-0.4, -0.2) is 22.8 Å². The molecule has 5 nitrogen and oxygen atoms in total. The second kappa shape index (κ2) is 9.13. The normalized spacial score (nSPS) is 11.0. The predicted octanol–water partition coefficient (Wildman–Crippen LogP) is 5.30. The zero-order valence-electron chi connectivity index (χ0n) is 17.1. The van der Waals surface area contributed by atoms with Crippen LogP contribution in [0.5, 0.6) is 11.5 Å². The van der Waals surface area contributed by atoms with Crippen molar-refractivity contribution in [2.24, 2.45) is 0 Å². The summed E-state index contributed by atoms with van der Waals surface area (Å²) >= 11 is 1.56. The Morgan fingerprint density at radius 3 is 2.47 bits per heavy atom. The van der Waals surface area contributed by atoms with E-state index in [1.165, 1.54) is 0 Å². The number of nitrogens with zero attached hydrogens (tertiary/aromatic N) is 2. The van der Waals surface area contributed by atoms with E-state index in [9.17, 15) is 4.79 Å². The second-order valence-corrected chi connectivity index (χ2v) is 8.13. The molecular weight excluding hydrogens is 396 g/mol. The minimum atomic E-state index is -0.00653. The zero-order valence-corrected chi connectivity index (χ0v) is 17.9. The fourth-order valence-electron chi connectivity index (χ4n) is 3.47. The highest BCUT2D eigenvalue weighted by Gasteiger charge is 2.17. The summed E-state index contributed by atoms with van der Waals surface area (Å²) in [7, 11) is 0. The Morgan fingerprint density at radius 1 is 1.00 bits per heavy atom. The lowest BCUT2D eigenvalue weighted by atomic mass is 10.0. The largest absolute Gasteiger partial charge is 0.494 e. The smallest absolute Gasteiger partial charge is 0.262 e. The number of ether oxygens (including phenoxy) is 2. The first-order valence-electron chi connectivity index (χ1n) is 10.1. The van der Waals surface area contributed by atoms with Crippen molar-refractivity contribution in [1.82, 2.24) is 9.55 Å². The van der Waals surface area contributed by atoms with Gasteiger partial charge in [0.25, 0.3) is 5.56 Å². The van der Waals surface area contributed by atoms with E-state index in [2.05, 4.69) is 4.98 Å². The Kier molecular flexibility index (Phi) is 6.14. The molecule has 0 bridgehead atoms. The quantitative estimate of drug-likeness (QED) is 0.363. The van der Waals surface area contributed by atoms with Crippen molar-refractivity contribution in [2.75, 3.05) is 13.2 Å². The van der Waals surface area contributed by atoms with E-state index >= 15 is 0 Å². The van der Waals surface area contributed by atoms with Gasteiger partial charge >= 0.3 is 0 Å². The number of hydrogen-bond donors (Lipinski definition) is 0. The molecule has 2 aromatic carbocycles. The van der Waals surface area contributed by atoms with Gasteiger partial charge in [-0.15, -0.1) is 11.3 Å². The number of rotatable bonds is 8. The fraction of sp³-hybridized carbons (Fsp3) is 0.250. The van der Waals surface area contributed by atoms with Crippen LogP contribution in [0.15, 0.2) is 65.7 Å². The minimum absolute atomic E-state index is 0.00653. The van der Waals surface area contributed by atoms with E-state index in [-0.39, 0.29) is 5.56 Å². The van der Waals surface area contributed by atoms with Crippen molar-refractivity contribution >= 4 is 21.6 Å². The van der Waals surface area contributed by atoms with Crippen LogP contribution in [0.4, 0.5) is 0 Å². The lowest BCUT2D eigenvalue weighted by Gasteiger charge is -2.09. The van der Waals surface area contributed by atoms with Gasteiger partial charge in [-0.25, -0.2) is 4.98 Å². The molecule has 2 heterocycles. The van der Waals surface area contributed by atoms with Crippen LogP contribution in [-0.2, 0) is 6.54 Å². The zero-order chi connectivity index (χ0) is 20.9. The maximum atomic E-state index is 13.2. The molecule has 4 rings (SSSR count). The monoisotopic (exact) mass is 420 g/mol. The van der Waals surface area contributed by atoms with Crippen LogP contribution < -0.4 is 15.0 Å². The predicted molar refractivity (Wildman–Crippen MR) is 122 cm³/mol. The molecule has 0 aliphatic heterocycles. The van der Waals surface area contributed by atoms with Crippen molar-refractivity contribution < 1.29 is 9.47 Å². The summed E-state index contributed by atoms with van der Waals surface area (Å²) in [5, 5.41) is 0.688. The number of hydrogen-bond acceptors (Lipinski definition) is 5. The van der Waals surface area contributed by atoms with Gasteiger partial charge < -0.3 is 9.47 Å². The maximum absolute atomic E-state index is 13.2. The van der Waals surface area contributed by atoms with Gasteiger partial charge in [0.1, 0.15) is 16.3 Å². The molecule has 0 saturated heterocycles. The minimum Gasteiger partial charge on any atom is -0.494 e. The number of para-hydroxylation sites is 1. The number of aromatic nitrogens is 2. The molecule has 4 aromatic rings.